The average Bonchev–Trinajstić information content (AvgIpc) is 3.21. The number of benzene rings is 2. The highest BCUT2D eigenvalue weighted by Gasteiger charge is 2.32. The maximum absolute atomic E-state index is 11.3. The first-order chi connectivity index (χ1) is 14.3. The first kappa shape index (κ1) is 20.7. The van der Waals surface area contributed by atoms with E-state index < -0.39 is 5.97 Å². The maximum Gasteiger partial charge on any atom is 0.335 e. The van der Waals surface area contributed by atoms with Gasteiger partial charge in [-0.3, -0.25) is 0 Å². The van der Waals surface area contributed by atoms with E-state index >= 15 is 0 Å². The molecule has 2 atom stereocenters. The minimum Gasteiger partial charge on any atom is -0.478 e. The molecule has 1 aliphatic rings. The SMILES string of the molecule is Cc1cc(C)c2[nH]ccc2c1C[C@@H]1CCN(C(C)C)C[C@H]1c1ccc(C(=O)O)cc1. The van der Waals surface area contributed by atoms with Gasteiger partial charge >= 0.3 is 5.97 Å². The van der Waals surface area contributed by atoms with Crippen LogP contribution >= 0.6 is 0 Å². The Balaban J connectivity index is 1.68. The second-order valence-electron chi connectivity index (χ2n) is 9.13. The number of aromatic nitrogens is 1. The van der Waals surface area contributed by atoms with Crippen molar-refractivity contribution in [2.24, 2.45) is 5.92 Å². The van der Waals surface area contributed by atoms with Gasteiger partial charge in [-0.2, -0.15) is 0 Å². The van der Waals surface area contributed by atoms with Gasteiger partial charge in [0.15, 0.2) is 0 Å². The number of aryl methyl sites for hydroxylation is 2. The van der Waals surface area contributed by atoms with Crippen LogP contribution in [-0.2, 0) is 6.42 Å². The Labute approximate surface area is 178 Å². The van der Waals surface area contributed by atoms with E-state index in [-0.39, 0.29) is 0 Å². The summed E-state index contributed by atoms with van der Waals surface area (Å²) in [7, 11) is 0. The lowest BCUT2D eigenvalue weighted by Gasteiger charge is -2.41. The number of piperidine rings is 1. The van der Waals surface area contributed by atoms with Gasteiger partial charge < -0.3 is 15.0 Å². The number of H-pyrrole nitrogens is 1. The predicted octanol–water partition coefficient (Wildman–Crippen LogP) is 5.54. The molecule has 30 heavy (non-hydrogen) atoms. The molecular weight excluding hydrogens is 372 g/mol. The van der Waals surface area contributed by atoms with Gasteiger partial charge in [-0.1, -0.05) is 18.2 Å². The van der Waals surface area contributed by atoms with Crippen LogP contribution in [0.15, 0.2) is 42.6 Å². The first-order valence-corrected chi connectivity index (χ1v) is 11.0. The van der Waals surface area contributed by atoms with Gasteiger partial charge in [-0.15, -0.1) is 0 Å². The van der Waals surface area contributed by atoms with Crippen LogP contribution in [0, 0.1) is 19.8 Å². The second-order valence-corrected chi connectivity index (χ2v) is 9.13. The zero-order chi connectivity index (χ0) is 21.4. The van der Waals surface area contributed by atoms with Crippen molar-refractivity contribution in [2.75, 3.05) is 13.1 Å². The standard InChI is InChI=1S/C26H32N2O2/c1-16(2)28-12-10-21(24(15-28)19-5-7-20(8-6-19)26(29)30)14-23-17(3)13-18(4)25-22(23)9-11-27-25/h5-9,11,13,16,21,24,27H,10,12,14-15H2,1-4H3,(H,29,30)/t21-,24-/m0/s1. The molecule has 1 saturated heterocycles. The molecule has 4 nitrogen and oxygen atoms in total. The second kappa shape index (κ2) is 8.27. The third-order valence-corrected chi connectivity index (χ3v) is 6.95. The summed E-state index contributed by atoms with van der Waals surface area (Å²) in [6, 6.07) is 12.6. The van der Waals surface area contributed by atoms with E-state index in [1.54, 1.807) is 12.1 Å². The van der Waals surface area contributed by atoms with Gasteiger partial charge in [0.1, 0.15) is 0 Å². The highest BCUT2D eigenvalue weighted by Crippen LogP contribution is 2.38. The molecule has 1 aliphatic heterocycles. The lowest BCUT2D eigenvalue weighted by molar-refractivity contribution is 0.0697. The van der Waals surface area contributed by atoms with Crippen molar-refractivity contribution in [2.45, 2.75) is 52.5 Å². The number of rotatable bonds is 5. The molecule has 0 spiro atoms. The van der Waals surface area contributed by atoms with Gasteiger partial charge in [-0.25, -0.2) is 4.79 Å². The molecule has 1 aromatic heterocycles. The van der Waals surface area contributed by atoms with E-state index in [0.29, 0.717) is 23.4 Å². The molecule has 0 saturated carbocycles. The molecule has 4 heteroatoms. The van der Waals surface area contributed by atoms with Crippen molar-refractivity contribution in [1.29, 1.82) is 0 Å². The Morgan fingerprint density at radius 2 is 1.90 bits per heavy atom. The topological polar surface area (TPSA) is 56.3 Å². The van der Waals surface area contributed by atoms with E-state index in [1.807, 2.05) is 18.3 Å². The van der Waals surface area contributed by atoms with Crippen LogP contribution in [0.5, 0.6) is 0 Å². The molecular formula is C26H32N2O2. The summed E-state index contributed by atoms with van der Waals surface area (Å²) in [6.07, 6.45) is 4.25. The fourth-order valence-electron chi connectivity index (χ4n) is 5.17. The van der Waals surface area contributed by atoms with Crippen molar-refractivity contribution in [3.8, 4) is 0 Å². The van der Waals surface area contributed by atoms with Crippen molar-refractivity contribution in [3.63, 3.8) is 0 Å². The minimum atomic E-state index is -0.865. The maximum atomic E-state index is 11.3. The summed E-state index contributed by atoms with van der Waals surface area (Å²) >= 11 is 0. The third-order valence-electron chi connectivity index (χ3n) is 6.95. The van der Waals surface area contributed by atoms with Crippen LogP contribution in [0.25, 0.3) is 10.9 Å². The van der Waals surface area contributed by atoms with Crippen molar-refractivity contribution in [1.82, 2.24) is 9.88 Å². The Kier molecular flexibility index (Phi) is 5.70. The number of carboxylic acid groups (broad SMARTS) is 1. The van der Waals surface area contributed by atoms with Crippen LogP contribution in [-0.4, -0.2) is 40.1 Å². The minimum absolute atomic E-state index is 0.357. The first-order valence-electron chi connectivity index (χ1n) is 11.0. The van der Waals surface area contributed by atoms with Crippen molar-refractivity contribution < 1.29 is 9.90 Å². The number of aromatic amines is 1. The van der Waals surface area contributed by atoms with Crippen LogP contribution < -0.4 is 0 Å². The van der Waals surface area contributed by atoms with E-state index in [9.17, 15) is 9.90 Å². The number of nitrogens with zero attached hydrogens (tertiary/aromatic N) is 1. The highest BCUT2D eigenvalue weighted by atomic mass is 16.4. The molecule has 2 aromatic carbocycles. The predicted molar refractivity (Wildman–Crippen MR) is 122 cm³/mol. The van der Waals surface area contributed by atoms with Crippen LogP contribution in [0.2, 0.25) is 0 Å². The quantitative estimate of drug-likeness (QED) is 0.587. The molecule has 0 bridgehead atoms. The van der Waals surface area contributed by atoms with Gasteiger partial charge in [-0.05, 0) is 99.4 Å². The molecule has 0 amide bonds. The van der Waals surface area contributed by atoms with Gasteiger partial charge in [0.05, 0.1) is 5.56 Å². The van der Waals surface area contributed by atoms with E-state index in [0.717, 1.165) is 25.9 Å². The van der Waals surface area contributed by atoms with Crippen LogP contribution in [0.4, 0.5) is 0 Å². The molecule has 1 fully saturated rings. The number of carboxylic acids is 1. The summed E-state index contributed by atoms with van der Waals surface area (Å²) in [5, 5.41) is 10.6. The molecule has 2 N–H and O–H groups in total. The fraction of sp³-hybridized carbons (Fsp3) is 0.423. The lowest BCUT2D eigenvalue weighted by Crippen LogP contribution is -2.43. The van der Waals surface area contributed by atoms with Crippen molar-refractivity contribution >= 4 is 16.9 Å². The number of fused-ring (bicyclic) bond motifs is 1. The van der Waals surface area contributed by atoms with Gasteiger partial charge in [0.25, 0.3) is 0 Å². The van der Waals surface area contributed by atoms with Crippen LogP contribution in [0.3, 0.4) is 0 Å². The van der Waals surface area contributed by atoms with Crippen LogP contribution in [0.1, 0.15) is 58.8 Å². The Morgan fingerprint density at radius 1 is 1.17 bits per heavy atom. The van der Waals surface area contributed by atoms with E-state index in [1.165, 1.54) is 33.2 Å². The smallest absolute Gasteiger partial charge is 0.335 e. The largest absolute Gasteiger partial charge is 0.478 e. The summed E-state index contributed by atoms with van der Waals surface area (Å²) in [5.41, 5.74) is 6.97. The van der Waals surface area contributed by atoms with E-state index in [4.69, 9.17) is 0 Å². The Hall–Kier alpha value is -2.59. The van der Waals surface area contributed by atoms with Gasteiger partial charge in [0.2, 0.25) is 0 Å². The number of nitrogens with one attached hydrogen (secondary N) is 1. The molecule has 3 aromatic rings. The number of hydrogen-bond donors (Lipinski definition) is 2. The zero-order valence-electron chi connectivity index (χ0n) is 18.4. The number of likely N-dealkylation sites (tertiary alicyclic amines) is 1. The van der Waals surface area contributed by atoms with Crippen molar-refractivity contribution in [3.05, 3.63) is 70.4 Å². The molecule has 4 rings (SSSR count). The van der Waals surface area contributed by atoms with E-state index in [2.05, 4.69) is 49.7 Å². The summed E-state index contributed by atoms with van der Waals surface area (Å²) in [4.78, 5) is 17.3. The average molecular weight is 405 g/mol. The molecule has 0 radical (unpaired) electrons. The third kappa shape index (κ3) is 3.89. The normalized spacial score (nSPS) is 20.2. The molecule has 0 aliphatic carbocycles. The zero-order valence-corrected chi connectivity index (χ0v) is 18.4. The number of aromatic carboxylic acids is 1. The Morgan fingerprint density at radius 3 is 2.57 bits per heavy atom. The molecule has 2 heterocycles. The summed E-state index contributed by atoms with van der Waals surface area (Å²) in [6.45, 7) is 11.1. The number of hydrogen-bond acceptors (Lipinski definition) is 2. The summed E-state index contributed by atoms with van der Waals surface area (Å²) in [5.74, 6) is 0.0737. The summed E-state index contributed by atoms with van der Waals surface area (Å²) < 4.78 is 0. The monoisotopic (exact) mass is 404 g/mol. The molecule has 158 valence electrons. The number of carbonyl (C=O) groups is 1. The highest BCUT2D eigenvalue weighted by molar-refractivity contribution is 5.88. The fourth-order valence-corrected chi connectivity index (χ4v) is 5.17. The Bertz CT molecular complexity index is 1050. The lowest BCUT2D eigenvalue weighted by atomic mass is 9.76. The van der Waals surface area contributed by atoms with Gasteiger partial charge in [0, 0.05) is 29.7 Å². The molecule has 0 unspecified atom stereocenters.